The standard InChI is InChI=1S/C13H22N2O4S/c1-9(2)15(3)20(16,17)11-6-10(8-14)13(19-5)12(7-11)18-4/h6-7,9H,8,14H2,1-5H3. The lowest BCUT2D eigenvalue weighted by Crippen LogP contribution is -2.33. The van der Waals surface area contributed by atoms with Crippen molar-refractivity contribution in [3.05, 3.63) is 17.7 Å². The number of ether oxygens (including phenoxy) is 2. The molecule has 0 aliphatic rings. The zero-order valence-corrected chi connectivity index (χ0v) is 13.3. The predicted molar refractivity (Wildman–Crippen MR) is 77.5 cm³/mol. The van der Waals surface area contributed by atoms with Crippen molar-refractivity contribution in [1.82, 2.24) is 4.31 Å². The largest absolute Gasteiger partial charge is 0.493 e. The van der Waals surface area contributed by atoms with Crippen molar-refractivity contribution in [1.29, 1.82) is 0 Å². The molecule has 0 saturated carbocycles. The van der Waals surface area contributed by atoms with Crippen molar-refractivity contribution in [2.75, 3.05) is 21.3 Å². The first-order valence-corrected chi connectivity index (χ1v) is 7.66. The van der Waals surface area contributed by atoms with E-state index >= 15 is 0 Å². The van der Waals surface area contributed by atoms with Crippen LogP contribution in [0.4, 0.5) is 0 Å². The van der Waals surface area contributed by atoms with Gasteiger partial charge in [0.25, 0.3) is 0 Å². The van der Waals surface area contributed by atoms with E-state index in [-0.39, 0.29) is 17.5 Å². The van der Waals surface area contributed by atoms with Crippen LogP contribution in [0.5, 0.6) is 11.5 Å². The van der Waals surface area contributed by atoms with Crippen molar-refractivity contribution >= 4 is 10.0 Å². The van der Waals surface area contributed by atoms with Crippen LogP contribution in [0, 0.1) is 0 Å². The summed E-state index contributed by atoms with van der Waals surface area (Å²) in [6.07, 6.45) is 0. The summed E-state index contributed by atoms with van der Waals surface area (Å²) in [5, 5.41) is 0. The van der Waals surface area contributed by atoms with E-state index in [1.807, 2.05) is 13.8 Å². The molecule has 0 fully saturated rings. The van der Waals surface area contributed by atoms with E-state index < -0.39 is 10.0 Å². The van der Waals surface area contributed by atoms with E-state index in [1.165, 1.54) is 30.7 Å². The summed E-state index contributed by atoms with van der Waals surface area (Å²) >= 11 is 0. The lowest BCUT2D eigenvalue weighted by atomic mass is 10.2. The second kappa shape index (κ2) is 6.43. The quantitative estimate of drug-likeness (QED) is 0.853. The Hall–Kier alpha value is -1.31. The van der Waals surface area contributed by atoms with E-state index in [9.17, 15) is 8.42 Å². The van der Waals surface area contributed by atoms with E-state index in [2.05, 4.69) is 0 Å². The molecule has 0 saturated heterocycles. The van der Waals surface area contributed by atoms with Crippen LogP contribution in [0.3, 0.4) is 0 Å². The molecule has 0 radical (unpaired) electrons. The third kappa shape index (κ3) is 3.05. The molecule has 0 aromatic heterocycles. The lowest BCUT2D eigenvalue weighted by Gasteiger charge is -2.22. The first-order valence-electron chi connectivity index (χ1n) is 6.22. The van der Waals surface area contributed by atoms with Gasteiger partial charge in [0.2, 0.25) is 10.0 Å². The van der Waals surface area contributed by atoms with Crippen LogP contribution in [0.2, 0.25) is 0 Å². The average molecular weight is 302 g/mol. The van der Waals surface area contributed by atoms with Crippen LogP contribution in [0.25, 0.3) is 0 Å². The Morgan fingerprint density at radius 3 is 2.25 bits per heavy atom. The van der Waals surface area contributed by atoms with Crippen LogP contribution in [0.15, 0.2) is 17.0 Å². The first kappa shape index (κ1) is 16.7. The van der Waals surface area contributed by atoms with Crippen molar-refractivity contribution in [2.45, 2.75) is 31.3 Å². The van der Waals surface area contributed by atoms with Crippen molar-refractivity contribution in [3.8, 4) is 11.5 Å². The lowest BCUT2D eigenvalue weighted by molar-refractivity contribution is 0.350. The maximum Gasteiger partial charge on any atom is 0.243 e. The van der Waals surface area contributed by atoms with Crippen LogP contribution < -0.4 is 15.2 Å². The van der Waals surface area contributed by atoms with Gasteiger partial charge < -0.3 is 15.2 Å². The Kier molecular flexibility index (Phi) is 5.38. The molecule has 2 N–H and O–H groups in total. The number of methoxy groups -OCH3 is 2. The molecule has 1 rings (SSSR count). The highest BCUT2D eigenvalue weighted by Crippen LogP contribution is 2.34. The molecule has 0 heterocycles. The molecular weight excluding hydrogens is 280 g/mol. The van der Waals surface area contributed by atoms with Gasteiger partial charge >= 0.3 is 0 Å². The zero-order chi connectivity index (χ0) is 15.5. The molecule has 0 bridgehead atoms. The highest BCUT2D eigenvalue weighted by molar-refractivity contribution is 7.89. The normalized spacial score (nSPS) is 12.0. The number of hydrogen-bond donors (Lipinski definition) is 1. The fourth-order valence-corrected chi connectivity index (χ4v) is 3.19. The van der Waals surface area contributed by atoms with Gasteiger partial charge in [0.15, 0.2) is 11.5 Å². The molecule has 1 aromatic rings. The number of sulfonamides is 1. The van der Waals surface area contributed by atoms with Gasteiger partial charge in [0, 0.05) is 31.3 Å². The average Bonchev–Trinajstić information content (AvgIpc) is 2.44. The Bertz CT molecular complexity index is 545. The summed E-state index contributed by atoms with van der Waals surface area (Å²) in [7, 11) is 0.905. The summed E-state index contributed by atoms with van der Waals surface area (Å²) in [6, 6.07) is 2.83. The van der Waals surface area contributed by atoms with Gasteiger partial charge in [0.1, 0.15) is 0 Å². The van der Waals surface area contributed by atoms with Crippen LogP contribution >= 0.6 is 0 Å². The van der Waals surface area contributed by atoms with Gasteiger partial charge in [-0.15, -0.1) is 0 Å². The summed E-state index contributed by atoms with van der Waals surface area (Å²) in [5.41, 5.74) is 6.24. The van der Waals surface area contributed by atoms with Gasteiger partial charge in [0.05, 0.1) is 19.1 Å². The number of hydrogen-bond acceptors (Lipinski definition) is 5. The molecule has 6 nitrogen and oxygen atoms in total. The summed E-state index contributed by atoms with van der Waals surface area (Å²) in [4.78, 5) is 0.145. The van der Waals surface area contributed by atoms with E-state index in [1.54, 1.807) is 7.05 Å². The minimum absolute atomic E-state index is 0.144. The number of nitrogens with two attached hydrogens (primary N) is 1. The molecular formula is C13H22N2O4S. The van der Waals surface area contributed by atoms with Gasteiger partial charge in [-0.05, 0) is 19.9 Å². The van der Waals surface area contributed by atoms with Crippen molar-refractivity contribution in [2.24, 2.45) is 5.73 Å². The van der Waals surface area contributed by atoms with Gasteiger partial charge in [-0.2, -0.15) is 4.31 Å². The molecule has 0 amide bonds. The number of nitrogens with zero attached hydrogens (tertiary/aromatic N) is 1. The third-order valence-corrected chi connectivity index (χ3v) is 5.16. The SMILES string of the molecule is COc1cc(S(=O)(=O)N(C)C(C)C)cc(CN)c1OC. The van der Waals surface area contributed by atoms with E-state index in [4.69, 9.17) is 15.2 Å². The van der Waals surface area contributed by atoms with Crippen molar-refractivity contribution < 1.29 is 17.9 Å². The fraction of sp³-hybridized carbons (Fsp3) is 0.538. The smallest absolute Gasteiger partial charge is 0.243 e. The minimum atomic E-state index is -3.59. The molecule has 1 aromatic carbocycles. The number of rotatable bonds is 6. The van der Waals surface area contributed by atoms with Crippen LogP contribution in [0.1, 0.15) is 19.4 Å². The second-order valence-corrected chi connectivity index (χ2v) is 6.63. The molecule has 0 aliphatic carbocycles. The van der Waals surface area contributed by atoms with Gasteiger partial charge in [-0.3, -0.25) is 0 Å². The topological polar surface area (TPSA) is 81.9 Å². The number of benzene rings is 1. The molecule has 114 valence electrons. The first-order chi connectivity index (χ1) is 9.29. The Labute approximate surface area is 120 Å². The Morgan fingerprint density at radius 2 is 1.85 bits per heavy atom. The zero-order valence-electron chi connectivity index (χ0n) is 12.5. The van der Waals surface area contributed by atoms with Gasteiger partial charge in [-0.1, -0.05) is 0 Å². The van der Waals surface area contributed by atoms with E-state index in [0.29, 0.717) is 17.1 Å². The highest BCUT2D eigenvalue weighted by atomic mass is 32.2. The summed E-state index contributed by atoms with van der Waals surface area (Å²) in [6.45, 7) is 3.78. The molecule has 0 spiro atoms. The maximum atomic E-state index is 12.5. The van der Waals surface area contributed by atoms with Crippen LogP contribution in [-0.4, -0.2) is 40.0 Å². The minimum Gasteiger partial charge on any atom is -0.493 e. The Balaban J connectivity index is 3.47. The molecule has 20 heavy (non-hydrogen) atoms. The summed E-state index contributed by atoms with van der Waals surface area (Å²) < 4.78 is 36.7. The van der Waals surface area contributed by atoms with Gasteiger partial charge in [-0.25, -0.2) is 8.42 Å². The maximum absolute atomic E-state index is 12.5. The molecule has 0 unspecified atom stereocenters. The van der Waals surface area contributed by atoms with Crippen molar-refractivity contribution in [3.63, 3.8) is 0 Å². The fourth-order valence-electron chi connectivity index (χ4n) is 1.76. The van der Waals surface area contributed by atoms with Crippen LogP contribution in [-0.2, 0) is 16.6 Å². The molecule has 0 aliphatic heterocycles. The Morgan fingerprint density at radius 1 is 1.25 bits per heavy atom. The molecule has 0 atom stereocenters. The highest BCUT2D eigenvalue weighted by Gasteiger charge is 2.25. The monoisotopic (exact) mass is 302 g/mol. The second-order valence-electron chi connectivity index (χ2n) is 4.64. The molecule has 7 heteroatoms. The third-order valence-electron chi connectivity index (χ3n) is 3.15. The predicted octanol–water partition coefficient (Wildman–Crippen LogP) is 1.19. The van der Waals surface area contributed by atoms with E-state index in [0.717, 1.165) is 0 Å². The summed E-state index contributed by atoms with van der Waals surface area (Å²) in [5.74, 6) is 0.812.